The predicted octanol–water partition coefficient (Wildman–Crippen LogP) is 2.98. The van der Waals surface area contributed by atoms with Crippen molar-refractivity contribution in [3.8, 4) is 0 Å². The summed E-state index contributed by atoms with van der Waals surface area (Å²) in [6, 6.07) is 3.57. The monoisotopic (exact) mass is 326 g/mol. The third-order valence-corrected chi connectivity index (χ3v) is 6.22. The van der Waals surface area contributed by atoms with E-state index in [0.29, 0.717) is 23.9 Å². The van der Waals surface area contributed by atoms with Crippen LogP contribution in [0, 0.1) is 5.92 Å². The number of hydrogen-bond donors (Lipinski definition) is 1. The summed E-state index contributed by atoms with van der Waals surface area (Å²) in [4.78, 5) is 16.1. The highest BCUT2D eigenvalue weighted by Gasteiger charge is 2.35. The normalized spacial score (nSPS) is 30.7. The van der Waals surface area contributed by atoms with Gasteiger partial charge in [0.2, 0.25) is 5.91 Å². The fraction of sp³-hybridized carbons (Fsp3) is 0.688. The molecule has 1 amide bonds. The van der Waals surface area contributed by atoms with E-state index >= 15 is 0 Å². The van der Waals surface area contributed by atoms with Gasteiger partial charge in [-0.15, -0.1) is 23.7 Å². The SMILES string of the molecule is Cl.O=C(CC1CC2CCC(C1)N2)N1CCc2sccc2C1. The third kappa shape index (κ3) is 3.13. The average molecular weight is 327 g/mol. The van der Waals surface area contributed by atoms with Crippen molar-refractivity contribution in [2.45, 2.75) is 57.2 Å². The molecule has 1 N–H and O–H groups in total. The van der Waals surface area contributed by atoms with Gasteiger partial charge >= 0.3 is 0 Å². The zero-order valence-corrected chi connectivity index (χ0v) is 13.8. The topological polar surface area (TPSA) is 32.3 Å². The van der Waals surface area contributed by atoms with Crippen molar-refractivity contribution >= 4 is 29.7 Å². The first-order valence-electron chi connectivity index (χ1n) is 7.87. The number of carbonyl (C=O) groups is 1. The second kappa shape index (κ2) is 6.27. The van der Waals surface area contributed by atoms with Gasteiger partial charge in [0.1, 0.15) is 0 Å². The van der Waals surface area contributed by atoms with E-state index in [-0.39, 0.29) is 12.4 Å². The highest BCUT2D eigenvalue weighted by Crippen LogP contribution is 2.33. The van der Waals surface area contributed by atoms with Gasteiger partial charge in [-0.05, 0) is 55.0 Å². The lowest BCUT2D eigenvalue weighted by atomic mass is 9.89. The Morgan fingerprint density at radius 3 is 2.86 bits per heavy atom. The van der Waals surface area contributed by atoms with E-state index in [0.717, 1.165) is 25.9 Å². The molecule has 3 aliphatic heterocycles. The molecule has 2 fully saturated rings. The highest BCUT2D eigenvalue weighted by atomic mass is 35.5. The molecule has 2 bridgehead atoms. The van der Waals surface area contributed by atoms with E-state index in [1.807, 2.05) is 11.3 Å². The fourth-order valence-electron chi connectivity index (χ4n) is 4.18. The Hall–Kier alpha value is -0.580. The number of nitrogens with zero attached hydrogens (tertiary/aromatic N) is 1. The molecule has 3 nitrogen and oxygen atoms in total. The summed E-state index contributed by atoms with van der Waals surface area (Å²) < 4.78 is 0. The maximum absolute atomic E-state index is 12.5. The number of rotatable bonds is 2. The van der Waals surface area contributed by atoms with Gasteiger partial charge in [0.25, 0.3) is 0 Å². The largest absolute Gasteiger partial charge is 0.338 e. The van der Waals surface area contributed by atoms with Crippen LogP contribution in [0.25, 0.3) is 0 Å². The number of piperidine rings is 1. The number of halogens is 1. The second-order valence-corrected chi connectivity index (χ2v) is 7.61. The summed E-state index contributed by atoms with van der Waals surface area (Å²) in [6.45, 7) is 1.76. The van der Waals surface area contributed by atoms with E-state index in [2.05, 4.69) is 21.7 Å². The predicted molar refractivity (Wildman–Crippen MR) is 88.0 cm³/mol. The summed E-state index contributed by atoms with van der Waals surface area (Å²) in [5.74, 6) is 0.998. The van der Waals surface area contributed by atoms with Gasteiger partial charge in [-0.2, -0.15) is 0 Å². The number of nitrogens with one attached hydrogen (secondary N) is 1. The molecule has 5 heteroatoms. The Balaban J connectivity index is 0.00000132. The van der Waals surface area contributed by atoms with Crippen LogP contribution >= 0.6 is 23.7 Å². The van der Waals surface area contributed by atoms with Crippen LogP contribution in [0.3, 0.4) is 0 Å². The minimum absolute atomic E-state index is 0. The summed E-state index contributed by atoms with van der Waals surface area (Å²) in [6.07, 6.45) is 6.87. The van der Waals surface area contributed by atoms with Crippen LogP contribution in [0.15, 0.2) is 11.4 Å². The lowest BCUT2D eigenvalue weighted by Crippen LogP contribution is -2.41. The maximum Gasteiger partial charge on any atom is 0.223 e. The van der Waals surface area contributed by atoms with Crippen molar-refractivity contribution in [1.82, 2.24) is 10.2 Å². The summed E-state index contributed by atoms with van der Waals surface area (Å²) >= 11 is 1.84. The number of amides is 1. The molecule has 0 radical (unpaired) electrons. The van der Waals surface area contributed by atoms with Crippen molar-refractivity contribution in [3.63, 3.8) is 0 Å². The van der Waals surface area contributed by atoms with Gasteiger partial charge < -0.3 is 10.2 Å². The highest BCUT2D eigenvalue weighted by molar-refractivity contribution is 7.10. The number of carbonyl (C=O) groups excluding carboxylic acids is 1. The van der Waals surface area contributed by atoms with Crippen LogP contribution in [-0.2, 0) is 17.8 Å². The quantitative estimate of drug-likeness (QED) is 0.906. The Morgan fingerprint density at radius 2 is 2.10 bits per heavy atom. The molecule has 2 saturated heterocycles. The van der Waals surface area contributed by atoms with Gasteiger partial charge in [-0.1, -0.05) is 0 Å². The molecule has 0 aliphatic carbocycles. The van der Waals surface area contributed by atoms with E-state index in [4.69, 9.17) is 0 Å². The first-order chi connectivity index (χ1) is 9.78. The zero-order valence-electron chi connectivity index (χ0n) is 12.2. The zero-order chi connectivity index (χ0) is 13.5. The summed E-state index contributed by atoms with van der Waals surface area (Å²) in [7, 11) is 0. The van der Waals surface area contributed by atoms with Crippen LogP contribution in [0.5, 0.6) is 0 Å². The maximum atomic E-state index is 12.5. The Labute approximate surface area is 136 Å². The van der Waals surface area contributed by atoms with E-state index in [1.165, 1.54) is 36.1 Å². The van der Waals surface area contributed by atoms with Gasteiger partial charge in [0, 0.05) is 36.5 Å². The smallest absolute Gasteiger partial charge is 0.223 e. The molecule has 1 aromatic heterocycles. The van der Waals surface area contributed by atoms with E-state index < -0.39 is 0 Å². The van der Waals surface area contributed by atoms with E-state index in [9.17, 15) is 4.79 Å². The molecule has 4 heterocycles. The molecular formula is C16H23ClN2OS. The molecule has 3 aliphatic rings. The molecule has 0 spiro atoms. The lowest BCUT2D eigenvalue weighted by Gasteiger charge is -2.32. The standard InChI is InChI=1S/C16H22N2OS.ClH/c19-16(9-11-7-13-1-2-14(8-11)17-13)18-5-3-15-12(10-18)4-6-20-15;/h4,6,11,13-14,17H,1-3,5,7-10H2;1H. The molecule has 116 valence electrons. The van der Waals surface area contributed by atoms with Gasteiger partial charge in [0.15, 0.2) is 0 Å². The van der Waals surface area contributed by atoms with Gasteiger partial charge in [0.05, 0.1) is 0 Å². The number of thiophene rings is 1. The van der Waals surface area contributed by atoms with Crippen molar-refractivity contribution in [2.24, 2.45) is 5.92 Å². The molecule has 2 atom stereocenters. The molecule has 4 rings (SSSR count). The fourth-order valence-corrected chi connectivity index (χ4v) is 5.07. The van der Waals surface area contributed by atoms with Crippen molar-refractivity contribution in [2.75, 3.05) is 6.54 Å². The first-order valence-corrected chi connectivity index (χ1v) is 8.75. The molecular weight excluding hydrogens is 304 g/mol. The Morgan fingerprint density at radius 1 is 1.33 bits per heavy atom. The molecule has 0 saturated carbocycles. The lowest BCUT2D eigenvalue weighted by molar-refractivity contribution is -0.133. The van der Waals surface area contributed by atoms with Crippen LogP contribution in [0.1, 0.15) is 42.5 Å². The minimum Gasteiger partial charge on any atom is -0.338 e. The summed E-state index contributed by atoms with van der Waals surface area (Å²) in [5, 5.41) is 5.81. The first kappa shape index (κ1) is 15.3. The van der Waals surface area contributed by atoms with Crippen LogP contribution < -0.4 is 5.32 Å². The van der Waals surface area contributed by atoms with Gasteiger partial charge in [-0.3, -0.25) is 4.79 Å². The van der Waals surface area contributed by atoms with Crippen molar-refractivity contribution in [1.29, 1.82) is 0 Å². The van der Waals surface area contributed by atoms with Crippen LogP contribution in [-0.4, -0.2) is 29.4 Å². The van der Waals surface area contributed by atoms with Crippen molar-refractivity contribution in [3.05, 3.63) is 21.9 Å². The summed E-state index contributed by atoms with van der Waals surface area (Å²) in [5.41, 5.74) is 1.37. The third-order valence-electron chi connectivity index (χ3n) is 5.19. The Kier molecular flexibility index (Phi) is 4.57. The van der Waals surface area contributed by atoms with E-state index in [1.54, 1.807) is 0 Å². The van der Waals surface area contributed by atoms with Crippen LogP contribution in [0.4, 0.5) is 0 Å². The number of hydrogen-bond acceptors (Lipinski definition) is 3. The minimum atomic E-state index is 0. The second-order valence-electron chi connectivity index (χ2n) is 6.61. The van der Waals surface area contributed by atoms with Crippen LogP contribution in [0.2, 0.25) is 0 Å². The molecule has 21 heavy (non-hydrogen) atoms. The number of fused-ring (bicyclic) bond motifs is 3. The molecule has 1 aromatic rings. The molecule has 0 aromatic carbocycles. The van der Waals surface area contributed by atoms with Crippen molar-refractivity contribution < 1.29 is 4.79 Å². The molecule has 2 unspecified atom stereocenters. The van der Waals surface area contributed by atoms with Gasteiger partial charge in [-0.25, -0.2) is 0 Å². The average Bonchev–Trinajstić information content (AvgIpc) is 3.04. The Bertz CT molecular complexity index is 506.